The van der Waals surface area contributed by atoms with Gasteiger partial charge in [0.1, 0.15) is 11.6 Å². The molecule has 1 aromatic rings. The largest absolute Gasteiger partial charge is 0.299 e. The van der Waals surface area contributed by atoms with Crippen molar-refractivity contribution in [3.8, 4) is 0 Å². The molecule has 0 unspecified atom stereocenters. The lowest BCUT2D eigenvalue weighted by Gasteiger charge is -2.02. The van der Waals surface area contributed by atoms with E-state index >= 15 is 0 Å². The highest BCUT2D eigenvalue weighted by Crippen LogP contribution is 2.31. The van der Waals surface area contributed by atoms with Gasteiger partial charge in [0.2, 0.25) is 0 Å². The van der Waals surface area contributed by atoms with E-state index in [0.717, 1.165) is 12.8 Å². The molecule has 0 radical (unpaired) electrons. The second-order valence-corrected chi connectivity index (χ2v) is 4.06. The molecule has 0 aromatic heterocycles. The second-order valence-electron chi connectivity index (χ2n) is 3.65. The number of carbonyl (C=O) groups excluding carboxylic acids is 1. The number of ketones is 1. The molecule has 1 nitrogen and oxygen atoms in total. The predicted molar refractivity (Wildman–Crippen MR) is 52.8 cm³/mol. The van der Waals surface area contributed by atoms with Crippen LogP contribution in [0.4, 0.5) is 4.39 Å². The molecular weight excluding hydrogens is 203 g/mol. The molecule has 0 atom stereocenters. The molecule has 1 saturated carbocycles. The van der Waals surface area contributed by atoms with Crippen LogP contribution in [0.5, 0.6) is 0 Å². The maximum atomic E-state index is 12.8. The van der Waals surface area contributed by atoms with Crippen LogP contribution in [-0.4, -0.2) is 5.78 Å². The van der Waals surface area contributed by atoms with E-state index in [4.69, 9.17) is 11.6 Å². The number of hydrogen-bond acceptors (Lipinski definition) is 1. The lowest BCUT2D eigenvalue weighted by Crippen LogP contribution is -2.05. The molecule has 2 rings (SSSR count). The molecular formula is C11H10ClFO. The Kier molecular flexibility index (Phi) is 2.55. The zero-order valence-corrected chi connectivity index (χ0v) is 8.35. The molecule has 1 aliphatic carbocycles. The first-order valence-electron chi connectivity index (χ1n) is 4.63. The third kappa shape index (κ3) is 2.13. The Labute approximate surface area is 86.9 Å². The van der Waals surface area contributed by atoms with Gasteiger partial charge in [-0.05, 0) is 36.6 Å². The Morgan fingerprint density at radius 1 is 1.50 bits per heavy atom. The zero-order valence-electron chi connectivity index (χ0n) is 7.59. The van der Waals surface area contributed by atoms with Crippen LogP contribution >= 0.6 is 11.6 Å². The molecule has 0 heterocycles. The first-order valence-corrected chi connectivity index (χ1v) is 5.01. The van der Waals surface area contributed by atoms with Crippen LogP contribution in [0.2, 0.25) is 5.02 Å². The fourth-order valence-electron chi connectivity index (χ4n) is 1.42. The first kappa shape index (κ1) is 9.66. The summed E-state index contributed by atoms with van der Waals surface area (Å²) in [6.07, 6.45) is 2.22. The van der Waals surface area contributed by atoms with E-state index in [2.05, 4.69) is 0 Å². The highest BCUT2D eigenvalue weighted by Gasteiger charge is 2.29. The van der Waals surface area contributed by atoms with E-state index < -0.39 is 0 Å². The SMILES string of the molecule is O=C(Cc1cc(F)ccc1Cl)C1CC1. The van der Waals surface area contributed by atoms with E-state index in [1.165, 1.54) is 18.2 Å². The third-order valence-electron chi connectivity index (χ3n) is 2.41. The van der Waals surface area contributed by atoms with Crippen molar-refractivity contribution in [2.75, 3.05) is 0 Å². The Balaban J connectivity index is 2.14. The van der Waals surface area contributed by atoms with Crippen molar-refractivity contribution in [2.45, 2.75) is 19.3 Å². The van der Waals surface area contributed by atoms with Crippen LogP contribution in [0.3, 0.4) is 0 Å². The molecule has 0 aliphatic heterocycles. The molecule has 14 heavy (non-hydrogen) atoms. The predicted octanol–water partition coefficient (Wildman–Crippen LogP) is 3.00. The number of hydrogen-bond donors (Lipinski definition) is 0. The maximum absolute atomic E-state index is 12.8. The van der Waals surface area contributed by atoms with Crippen molar-refractivity contribution < 1.29 is 9.18 Å². The van der Waals surface area contributed by atoms with Crippen molar-refractivity contribution >= 4 is 17.4 Å². The van der Waals surface area contributed by atoms with Gasteiger partial charge in [-0.1, -0.05) is 11.6 Å². The van der Waals surface area contributed by atoms with Crippen LogP contribution < -0.4 is 0 Å². The van der Waals surface area contributed by atoms with Crippen molar-refractivity contribution in [3.05, 3.63) is 34.6 Å². The molecule has 3 heteroatoms. The zero-order chi connectivity index (χ0) is 10.1. The van der Waals surface area contributed by atoms with Crippen molar-refractivity contribution in [1.82, 2.24) is 0 Å². The minimum Gasteiger partial charge on any atom is -0.299 e. The Bertz CT molecular complexity index is 372. The van der Waals surface area contributed by atoms with Gasteiger partial charge in [-0.3, -0.25) is 4.79 Å². The van der Waals surface area contributed by atoms with Crippen molar-refractivity contribution in [1.29, 1.82) is 0 Å². The minimum absolute atomic E-state index is 0.178. The summed E-state index contributed by atoms with van der Waals surface area (Å²) < 4.78 is 12.8. The van der Waals surface area contributed by atoms with E-state index in [0.29, 0.717) is 10.6 Å². The van der Waals surface area contributed by atoms with Gasteiger partial charge in [0.25, 0.3) is 0 Å². The first-order chi connectivity index (χ1) is 6.66. The van der Waals surface area contributed by atoms with Crippen LogP contribution in [0, 0.1) is 11.7 Å². The summed E-state index contributed by atoms with van der Waals surface area (Å²) >= 11 is 5.85. The van der Waals surface area contributed by atoms with Crippen LogP contribution in [0.15, 0.2) is 18.2 Å². The molecule has 1 fully saturated rings. The molecule has 0 saturated heterocycles. The number of halogens is 2. The van der Waals surface area contributed by atoms with E-state index in [1.54, 1.807) is 0 Å². The van der Waals surface area contributed by atoms with Crippen LogP contribution in [-0.2, 0) is 11.2 Å². The number of benzene rings is 1. The smallest absolute Gasteiger partial charge is 0.140 e. The summed E-state index contributed by atoms with van der Waals surface area (Å²) in [6, 6.07) is 4.13. The Morgan fingerprint density at radius 2 is 2.21 bits per heavy atom. The van der Waals surface area contributed by atoms with Gasteiger partial charge in [0.15, 0.2) is 0 Å². The van der Waals surface area contributed by atoms with E-state index in [-0.39, 0.29) is 23.9 Å². The van der Waals surface area contributed by atoms with Gasteiger partial charge in [0, 0.05) is 17.4 Å². The monoisotopic (exact) mass is 212 g/mol. The highest BCUT2D eigenvalue weighted by molar-refractivity contribution is 6.31. The molecule has 1 aliphatic rings. The topological polar surface area (TPSA) is 17.1 Å². The van der Waals surface area contributed by atoms with E-state index in [9.17, 15) is 9.18 Å². The van der Waals surface area contributed by atoms with Crippen LogP contribution in [0.1, 0.15) is 18.4 Å². The average Bonchev–Trinajstić information content (AvgIpc) is 2.94. The highest BCUT2D eigenvalue weighted by atomic mass is 35.5. The molecule has 0 amide bonds. The summed E-state index contributed by atoms with van der Waals surface area (Å²) in [5.41, 5.74) is 0.601. The quantitative estimate of drug-likeness (QED) is 0.753. The maximum Gasteiger partial charge on any atom is 0.140 e. The molecule has 1 aromatic carbocycles. The van der Waals surface area contributed by atoms with Gasteiger partial charge in [0.05, 0.1) is 0 Å². The fourth-order valence-corrected chi connectivity index (χ4v) is 1.60. The second kappa shape index (κ2) is 3.70. The average molecular weight is 213 g/mol. The molecule has 0 spiro atoms. The summed E-state index contributed by atoms with van der Waals surface area (Å²) in [7, 11) is 0. The number of rotatable bonds is 3. The molecule has 0 bridgehead atoms. The van der Waals surface area contributed by atoms with Crippen molar-refractivity contribution in [3.63, 3.8) is 0 Å². The summed E-state index contributed by atoms with van der Waals surface area (Å²) in [4.78, 5) is 11.5. The van der Waals surface area contributed by atoms with E-state index in [1.807, 2.05) is 0 Å². The molecule has 0 N–H and O–H groups in total. The number of Topliss-reactive ketones (excluding diaryl/α,β-unsaturated/α-hetero) is 1. The minimum atomic E-state index is -0.340. The standard InChI is InChI=1S/C11H10ClFO/c12-10-4-3-9(13)5-8(10)6-11(14)7-1-2-7/h3-5,7H,1-2,6H2. The normalized spacial score (nSPS) is 15.6. The summed E-state index contributed by atoms with van der Waals surface area (Å²) in [5, 5.41) is 0.473. The van der Waals surface area contributed by atoms with Gasteiger partial charge in [-0.2, -0.15) is 0 Å². The van der Waals surface area contributed by atoms with Crippen molar-refractivity contribution in [2.24, 2.45) is 5.92 Å². The summed E-state index contributed by atoms with van der Waals surface area (Å²) in [5.74, 6) is 0.0415. The van der Waals surface area contributed by atoms with Crippen LogP contribution in [0.25, 0.3) is 0 Å². The fraction of sp³-hybridized carbons (Fsp3) is 0.364. The lowest BCUT2D eigenvalue weighted by atomic mass is 10.1. The molecule has 74 valence electrons. The Morgan fingerprint density at radius 3 is 2.86 bits per heavy atom. The summed E-state index contributed by atoms with van der Waals surface area (Å²) in [6.45, 7) is 0. The van der Waals surface area contributed by atoms with Gasteiger partial charge in [-0.15, -0.1) is 0 Å². The van der Waals surface area contributed by atoms with Gasteiger partial charge >= 0.3 is 0 Å². The number of carbonyl (C=O) groups is 1. The van der Waals surface area contributed by atoms with Gasteiger partial charge in [-0.25, -0.2) is 4.39 Å². The third-order valence-corrected chi connectivity index (χ3v) is 2.77. The van der Waals surface area contributed by atoms with Gasteiger partial charge < -0.3 is 0 Å². The Hall–Kier alpha value is -0.890. The lowest BCUT2D eigenvalue weighted by molar-refractivity contribution is -0.119.